The molecular weight excluding hydrogens is 398 g/mol. The lowest BCUT2D eigenvalue weighted by atomic mass is 9.96. The van der Waals surface area contributed by atoms with Crippen molar-refractivity contribution in [1.82, 2.24) is 4.90 Å². The third-order valence-electron chi connectivity index (χ3n) is 6.62. The van der Waals surface area contributed by atoms with E-state index in [0.717, 1.165) is 66.1 Å². The second-order valence-corrected chi connectivity index (χ2v) is 8.60. The molecule has 1 saturated heterocycles. The molecule has 1 fully saturated rings. The molecule has 32 heavy (non-hydrogen) atoms. The number of ether oxygens (including phenoxy) is 1. The molecule has 0 unspecified atom stereocenters. The standard InChI is InChI=1S/C27H33N3O2/c1-5-29-12-14-30(15-13-29)24-9-11-26(19(2)16-24)28-27(31)20(3)21-6-7-23-18-25(32-4)10-8-22(23)17-21/h6-11,16-18,20H,5,12-15H2,1-4H3,(H,28,31)/t20-/m1/s1. The second kappa shape index (κ2) is 9.61. The number of aryl methyl sites for hydroxylation is 1. The number of carbonyl (C=O) groups excluding carboxylic acids is 1. The maximum atomic E-state index is 13.0. The number of hydrogen-bond acceptors (Lipinski definition) is 4. The molecule has 3 aromatic rings. The van der Waals surface area contributed by atoms with Crippen LogP contribution in [-0.4, -0.2) is 50.6 Å². The van der Waals surface area contributed by atoms with Gasteiger partial charge < -0.3 is 19.9 Å². The van der Waals surface area contributed by atoms with Crippen molar-refractivity contribution in [3.05, 3.63) is 65.7 Å². The van der Waals surface area contributed by atoms with Gasteiger partial charge in [-0.05, 0) is 72.6 Å². The van der Waals surface area contributed by atoms with Crippen molar-refractivity contribution >= 4 is 28.1 Å². The summed E-state index contributed by atoms with van der Waals surface area (Å²) in [6.07, 6.45) is 0. The Hall–Kier alpha value is -3.05. The first-order chi connectivity index (χ1) is 15.5. The van der Waals surface area contributed by atoms with Crippen molar-refractivity contribution in [1.29, 1.82) is 0 Å². The Morgan fingerprint density at radius 3 is 2.41 bits per heavy atom. The van der Waals surface area contributed by atoms with Crippen LogP contribution in [0.1, 0.15) is 30.9 Å². The average Bonchev–Trinajstić information content (AvgIpc) is 2.84. The van der Waals surface area contributed by atoms with E-state index in [1.165, 1.54) is 5.69 Å². The Bertz CT molecular complexity index is 1100. The molecule has 0 radical (unpaired) electrons. The number of fused-ring (bicyclic) bond motifs is 1. The SMILES string of the molecule is CCN1CCN(c2ccc(NC(=O)[C@H](C)c3ccc4cc(OC)ccc4c3)c(C)c2)CC1. The summed E-state index contributed by atoms with van der Waals surface area (Å²) in [5, 5.41) is 5.34. The first-order valence-corrected chi connectivity index (χ1v) is 11.4. The summed E-state index contributed by atoms with van der Waals surface area (Å²) in [6.45, 7) is 11.6. The van der Waals surface area contributed by atoms with Gasteiger partial charge in [0.25, 0.3) is 0 Å². The lowest BCUT2D eigenvalue weighted by molar-refractivity contribution is -0.117. The van der Waals surface area contributed by atoms with Gasteiger partial charge in [0.1, 0.15) is 5.75 Å². The van der Waals surface area contributed by atoms with Crippen LogP contribution in [0.5, 0.6) is 5.75 Å². The molecular formula is C27H33N3O2. The number of methoxy groups -OCH3 is 1. The Morgan fingerprint density at radius 2 is 1.72 bits per heavy atom. The van der Waals surface area contributed by atoms with Crippen LogP contribution in [0, 0.1) is 6.92 Å². The minimum Gasteiger partial charge on any atom is -0.497 e. The molecule has 0 saturated carbocycles. The van der Waals surface area contributed by atoms with Gasteiger partial charge in [-0.1, -0.05) is 31.2 Å². The largest absolute Gasteiger partial charge is 0.497 e. The molecule has 1 N–H and O–H groups in total. The Morgan fingerprint density at radius 1 is 1.00 bits per heavy atom. The number of hydrogen-bond donors (Lipinski definition) is 1. The molecule has 1 amide bonds. The fourth-order valence-corrected chi connectivity index (χ4v) is 4.34. The molecule has 5 nitrogen and oxygen atoms in total. The zero-order chi connectivity index (χ0) is 22.7. The van der Waals surface area contributed by atoms with Crippen LogP contribution in [0.15, 0.2) is 54.6 Å². The number of carbonyl (C=O) groups is 1. The lowest BCUT2D eigenvalue weighted by Crippen LogP contribution is -2.46. The average molecular weight is 432 g/mol. The van der Waals surface area contributed by atoms with Gasteiger partial charge >= 0.3 is 0 Å². The van der Waals surface area contributed by atoms with Crippen LogP contribution in [-0.2, 0) is 4.79 Å². The summed E-state index contributed by atoms with van der Waals surface area (Å²) in [7, 11) is 1.67. The van der Waals surface area contributed by atoms with E-state index in [2.05, 4.69) is 53.2 Å². The van der Waals surface area contributed by atoms with E-state index in [1.807, 2.05) is 37.3 Å². The molecule has 1 aliphatic heterocycles. The maximum Gasteiger partial charge on any atom is 0.231 e. The highest BCUT2D eigenvalue weighted by atomic mass is 16.5. The third kappa shape index (κ3) is 4.73. The Labute approximate surface area is 191 Å². The van der Waals surface area contributed by atoms with Gasteiger partial charge in [-0.2, -0.15) is 0 Å². The van der Waals surface area contributed by atoms with E-state index in [9.17, 15) is 4.79 Å². The van der Waals surface area contributed by atoms with E-state index < -0.39 is 0 Å². The first kappa shape index (κ1) is 22.2. The number of likely N-dealkylation sites (N-methyl/N-ethyl adjacent to an activating group) is 1. The molecule has 0 spiro atoms. The van der Waals surface area contributed by atoms with Crippen molar-refractivity contribution in [2.45, 2.75) is 26.7 Å². The van der Waals surface area contributed by atoms with Crippen LogP contribution in [0.2, 0.25) is 0 Å². The van der Waals surface area contributed by atoms with Crippen molar-refractivity contribution in [2.24, 2.45) is 0 Å². The molecule has 0 bridgehead atoms. The van der Waals surface area contributed by atoms with Crippen molar-refractivity contribution in [2.75, 3.05) is 50.1 Å². The van der Waals surface area contributed by atoms with Gasteiger partial charge in [0.15, 0.2) is 0 Å². The zero-order valence-corrected chi connectivity index (χ0v) is 19.5. The van der Waals surface area contributed by atoms with Gasteiger partial charge in [-0.3, -0.25) is 4.79 Å². The number of nitrogens with one attached hydrogen (secondary N) is 1. The predicted molar refractivity (Wildman–Crippen MR) is 133 cm³/mol. The highest BCUT2D eigenvalue weighted by Gasteiger charge is 2.19. The summed E-state index contributed by atoms with van der Waals surface area (Å²) >= 11 is 0. The van der Waals surface area contributed by atoms with E-state index in [0.29, 0.717) is 0 Å². The number of amides is 1. The molecule has 3 aromatic carbocycles. The number of anilines is 2. The highest BCUT2D eigenvalue weighted by Crippen LogP contribution is 2.28. The number of nitrogens with zero attached hydrogens (tertiary/aromatic N) is 2. The van der Waals surface area contributed by atoms with E-state index in [4.69, 9.17) is 4.74 Å². The van der Waals surface area contributed by atoms with Gasteiger partial charge in [-0.15, -0.1) is 0 Å². The highest BCUT2D eigenvalue weighted by molar-refractivity contribution is 5.97. The maximum absolute atomic E-state index is 13.0. The van der Waals surface area contributed by atoms with Crippen LogP contribution in [0.4, 0.5) is 11.4 Å². The smallest absolute Gasteiger partial charge is 0.231 e. The number of rotatable bonds is 6. The predicted octanol–water partition coefficient (Wildman–Crippen LogP) is 5.04. The third-order valence-corrected chi connectivity index (χ3v) is 6.62. The van der Waals surface area contributed by atoms with Crippen LogP contribution in [0.25, 0.3) is 10.8 Å². The lowest BCUT2D eigenvalue weighted by Gasteiger charge is -2.35. The molecule has 5 heteroatoms. The summed E-state index contributed by atoms with van der Waals surface area (Å²) in [5.41, 5.74) is 4.20. The molecule has 1 heterocycles. The second-order valence-electron chi connectivity index (χ2n) is 8.60. The van der Waals surface area contributed by atoms with Gasteiger partial charge in [0.05, 0.1) is 13.0 Å². The van der Waals surface area contributed by atoms with Crippen LogP contribution >= 0.6 is 0 Å². The monoisotopic (exact) mass is 431 g/mol. The molecule has 168 valence electrons. The van der Waals surface area contributed by atoms with Crippen molar-refractivity contribution in [3.63, 3.8) is 0 Å². The van der Waals surface area contributed by atoms with Gasteiger partial charge in [-0.25, -0.2) is 0 Å². The first-order valence-electron chi connectivity index (χ1n) is 11.4. The number of piperazine rings is 1. The van der Waals surface area contributed by atoms with Crippen LogP contribution < -0.4 is 15.0 Å². The van der Waals surface area contributed by atoms with E-state index in [1.54, 1.807) is 7.11 Å². The van der Waals surface area contributed by atoms with Crippen molar-refractivity contribution < 1.29 is 9.53 Å². The normalized spacial score (nSPS) is 15.6. The summed E-state index contributed by atoms with van der Waals surface area (Å²) < 4.78 is 5.30. The van der Waals surface area contributed by atoms with Crippen LogP contribution in [0.3, 0.4) is 0 Å². The van der Waals surface area contributed by atoms with Gasteiger partial charge in [0, 0.05) is 37.6 Å². The van der Waals surface area contributed by atoms with E-state index in [-0.39, 0.29) is 11.8 Å². The van der Waals surface area contributed by atoms with Gasteiger partial charge in [0.2, 0.25) is 5.91 Å². The molecule has 0 aliphatic carbocycles. The van der Waals surface area contributed by atoms with E-state index >= 15 is 0 Å². The topological polar surface area (TPSA) is 44.8 Å². The summed E-state index contributed by atoms with van der Waals surface area (Å²) in [4.78, 5) is 17.9. The summed E-state index contributed by atoms with van der Waals surface area (Å²) in [5.74, 6) is 0.593. The molecule has 1 aliphatic rings. The van der Waals surface area contributed by atoms with Crippen molar-refractivity contribution in [3.8, 4) is 5.75 Å². The fraction of sp³-hybridized carbons (Fsp3) is 0.370. The molecule has 4 rings (SSSR count). The fourth-order valence-electron chi connectivity index (χ4n) is 4.34. The molecule has 1 atom stereocenters. The molecule has 0 aromatic heterocycles. The Kier molecular flexibility index (Phi) is 6.66. The summed E-state index contributed by atoms with van der Waals surface area (Å²) in [6, 6.07) is 18.5. The number of benzene rings is 3. The quantitative estimate of drug-likeness (QED) is 0.594. The Balaban J connectivity index is 1.44. The minimum absolute atomic E-state index is 0.00488. The zero-order valence-electron chi connectivity index (χ0n) is 19.5. The minimum atomic E-state index is -0.248.